The molecule has 0 aromatic heterocycles. The van der Waals surface area contributed by atoms with Crippen LogP contribution in [-0.4, -0.2) is 57.3 Å². The van der Waals surface area contributed by atoms with Crippen LogP contribution in [0.25, 0.3) is 0 Å². The zero-order valence-electron chi connectivity index (χ0n) is 14.4. The Balaban J connectivity index is 0.00000576. The van der Waals surface area contributed by atoms with Gasteiger partial charge in [-0.1, -0.05) is 18.2 Å². The number of nitrogens with zero attached hydrogens (tertiary/aromatic N) is 2. The first kappa shape index (κ1) is 23.9. The van der Waals surface area contributed by atoms with Gasteiger partial charge >= 0.3 is 6.18 Å². The first-order valence-corrected chi connectivity index (χ1v) is 7.75. The van der Waals surface area contributed by atoms with E-state index in [9.17, 15) is 17.6 Å². The summed E-state index contributed by atoms with van der Waals surface area (Å²) >= 11 is 0. The standard InChI is InChI=1S/C16H24F4N4.HI/c1-21-15(22-9-5-11-24(2)12-16(18,19)20)23-10-8-13-6-3-4-7-14(13)17;/h3-4,6-7H,5,8-12H2,1-2H3,(H2,21,22,23);1H. The van der Waals surface area contributed by atoms with Gasteiger partial charge < -0.3 is 10.6 Å². The summed E-state index contributed by atoms with van der Waals surface area (Å²) in [6, 6.07) is 6.56. The predicted molar refractivity (Wildman–Crippen MR) is 103 cm³/mol. The van der Waals surface area contributed by atoms with Crippen LogP contribution in [0.3, 0.4) is 0 Å². The molecular formula is C16H25F4IN4. The van der Waals surface area contributed by atoms with Crippen LogP contribution in [0.4, 0.5) is 17.6 Å². The number of alkyl halides is 3. The summed E-state index contributed by atoms with van der Waals surface area (Å²) in [7, 11) is 3.04. The van der Waals surface area contributed by atoms with E-state index in [0.717, 1.165) is 0 Å². The van der Waals surface area contributed by atoms with Crippen LogP contribution in [0.5, 0.6) is 0 Å². The van der Waals surface area contributed by atoms with Gasteiger partial charge in [0.05, 0.1) is 6.54 Å². The summed E-state index contributed by atoms with van der Waals surface area (Å²) in [5.41, 5.74) is 0.620. The Morgan fingerprint density at radius 1 is 1.16 bits per heavy atom. The number of nitrogens with one attached hydrogen (secondary N) is 2. The molecule has 2 N–H and O–H groups in total. The summed E-state index contributed by atoms with van der Waals surface area (Å²) in [5.74, 6) is 0.305. The smallest absolute Gasteiger partial charge is 0.356 e. The molecule has 1 aromatic rings. The van der Waals surface area contributed by atoms with E-state index in [4.69, 9.17) is 0 Å². The van der Waals surface area contributed by atoms with E-state index in [2.05, 4.69) is 15.6 Å². The highest BCUT2D eigenvalue weighted by Gasteiger charge is 2.28. The average Bonchev–Trinajstić information content (AvgIpc) is 2.49. The summed E-state index contributed by atoms with van der Waals surface area (Å²) in [6.45, 7) is 0.428. The van der Waals surface area contributed by atoms with Gasteiger partial charge in [-0.05, 0) is 38.1 Å². The SMILES string of the molecule is CN=C(NCCCN(C)CC(F)(F)F)NCCc1ccccc1F.I. The van der Waals surface area contributed by atoms with E-state index in [1.807, 2.05) is 0 Å². The Morgan fingerprint density at radius 2 is 1.80 bits per heavy atom. The molecule has 1 rings (SSSR count). The molecule has 0 atom stereocenters. The van der Waals surface area contributed by atoms with Crippen LogP contribution in [0.1, 0.15) is 12.0 Å². The molecule has 0 saturated carbocycles. The highest BCUT2D eigenvalue weighted by atomic mass is 127. The van der Waals surface area contributed by atoms with Crippen molar-refractivity contribution in [3.8, 4) is 0 Å². The number of halogens is 5. The van der Waals surface area contributed by atoms with Crippen LogP contribution < -0.4 is 10.6 Å². The molecular weight excluding hydrogens is 451 g/mol. The third-order valence-corrected chi connectivity index (χ3v) is 3.33. The quantitative estimate of drug-likeness (QED) is 0.199. The molecule has 0 aliphatic carbocycles. The van der Waals surface area contributed by atoms with Gasteiger partial charge in [0.2, 0.25) is 0 Å². The molecule has 144 valence electrons. The van der Waals surface area contributed by atoms with Gasteiger partial charge in [0, 0.05) is 20.1 Å². The molecule has 0 bridgehead atoms. The maximum absolute atomic E-state index is 13.5. The number of rotatable bonds is 8. The van der Waals surface area contributed by atoms with Crippen LogP contribution in [0.2, 0.25) is 0 Å². The zero-order chi connectivity index (χ0) is 18.0. The van der Waals surface area contributed by atoms with Gasteiger partial charge in [-0.25, -0.2) is 4.39 Å². The number of guanidine groups is 1. The molecule has 0 aliphatic rings. The lowest BCUT2D eigenvalue weighted by molar-refractivity contribution is -0.143. The average molecular weight is 476 g/mol. The van der Waals surface area contributed by atoms with E-state index in [-0.39, 0.29) is 29.8 Å². The van der Waals surface area contributed by atoms with E-state index in [0.29, 0.717) is 44.0 Å². The fraction of sp³-hybridized carbons (Fsp3) is 0.562. The van der Waals surface area contributed by atoms with Gasteiger partial charge in [0.15, 0.2) is 5.96 Å². The number of benzene rings is 1. The maximum atomic E-state index is 13.5. The molecule has 0 radical (unpaired) electrons. The third-order valence-electron chi connectivity index (χ3n) is 3.33. The summed E-state index contributed by atoms with van der Waals surface area (Å²) in [5, 5.41) is 6.08. The molecule has 25 heavy (non-hydrogen) atoms. The lowest BCUT2D eigenvalue weighted by atomic mass is 10.1. The van der Waals surface area contributed by atoms with Gasteiger partial charge in [-0.15, -0.1) is 24.0 Å². The second-order valence-electron chi connectivity index (χ2n) is 5.47. The van der Waals surface area contributed by atoms with Crippen molar-refractivity contribution >= 4 is 29.9 Å². The fourth-order valence-corrected chi connectivity index (χ4v) is 2.18. The van der Waals surface area contributed by atoms with Crippen LogP contribution >= 0.6 is 24.0 Å². The van der Waals surface area contributed by atoms with Crippen molar-refractivity contribution < 1.29 is 17.6 Å². The Kier molecular flexibility index (Phi) is 11.7. The molecule has 0 unspecified atom stereocenters. The molecule has 0 saturated heterocycles. The van der Waals surface area contributed by atoms with Crippen molar-refractivity contribution in [3.63, 3.8) is 0 Å². The lowest BCUT2D eigenvalue weighted by Gasteiger charge is -2.19. The van der Waals surface area contributed by atoms with Gasteiger partial charge in [-0.2, -0.15) is 13.2 Å². The minimum Gasteiger partial charge on any atom is -0.356 e. The van der Waals surface area contributed by atoms with Crippen molar-refractivity contribution in [1.82, 2.24) is 15.5 Å². The van der Waals surface area contributed by atoms with Gasteiger partial charge in [0.1, 0.15) is 5.82 Å². The van der Waals surface area contributed by atoms with Gasteiger partial charge in [0.25, 0.3) is 0 Å². The monoisotopic (exact) mass is 476 g/mol. The van der Waals surface area contributed by atoms with Crippen molar-refractivity contribution in [2.75, 3.05) is 40.3 Å². The van der Waals surface area contributed by atoms with Crippen molar-refractivity contribution in [2.24, 2.45) is 4.99 Å². The molecule has 4 nitrogen and oxygen atoms in total. The van der Waals surface area contributed by atoms with Crippen LogP contribution in [0.15, 0.2) is 29.3 Å². The van der Waals surface area contributed by atoms with Crippen LogP contribution in [0, 0.1) is 5.82 Å². The molecule has 0 aliphatic heterocycles. The Labute approximate surface area is 163 Å². The molecule has 0 spiro atoms. The van der Waals surface area contributed by atoms with Crippen molar-refractivity contribution in [3.05, 3.63) is 35.6 Å². The van der Waals surface area contributed by atoms with Gasteiger partial charge in [-0.3, -0.25) is 9.89 Å². The van der Waals surface area contributed by atoms with E-state index < -0.39 is 12.7 Å². The Morgan fingerprint density at radius 3 is 2.40 bits per heavy atom. The van der Waals surface area contributed by atoms with Crippen molar-refractivity contribution in [2.45, 2.75) is 19.0 Å². The predicted octanol–water partition coefficient (Wildman–Crippen LogP) is 3.04. The minimum atomic E-state index is -4.17. The lowest BCUT2D eigenvalue weighted by Crippen LogP contribution is -2.40. The second kappa shape index (κ2) is 12.3. The second-order valence-corrected chi connectivity index (χ2v) is 5.47. The molecule has 0 heterocycles. The Bertz CT molecular complexity index is 523. The summed E-state index contributed by atoms with van der Waals surface area (Å²) in [4.78, 5) is 5.26. The molecule has 1 aromatic carbocycles. The normalized spacial score (nSPS) is 12.0. The highest BCUT2D eigenvalue weighted by molar-refractivity contribution is 14.0. The fourth-order valence-electron chi connectivity index (χ4n) is 2.18. The molecule has 9 heteroatoms. The first-order chi connectivity index (χ1) is 11.3. The van der Waals surface area contributed by atoms with E-state index in [1.165, 1.54) is 18.0 Å². The van der Waals surface area contributed by atoms with Crippen molar-refractivity contribution in [1.29, 1.82) is 0 Å². The van der Waals surface area contributed by atoms with E-state index >= 15 is 0 Å². The topological polar surface area (TPSA) is 39.7 Å². The van der Waals surface area contributed by atoms with Crippen LogP contribution in [-0.2, 0) is 6.42 Å². The maximum Gasteiger partial charge on any atom is 0.401 e. The number of hydrogen-bond donors (Lipinski definition) is 2. The van der Waals surface area contributed by atoms with E-state index in [1.54, 1.807) is 25.2 Å². The summed E-state index contributed by atoms with van der Waals surface area (Å²) in [6.07, 6.45) is -3.10. The third kappa shape index (κ3) is 11.2. The summed E-state index contributed by atoms with van der Waals surface area (Å²) < 4.78 is 50.1. The number of aliphatic imine (C=N–C) groups is 1. The minimum absolute atomic E-state index is 0. The zero-order valence-corrected chi connectivity index (χ0v) is 16.7. The Hall–Kier alpha value is -1.10. The molecule has 0 amide bonds. The largest absolute Gasteiger partial charge is 0.401 e. The number of hydrogen-bond acceptors (Lipinski definition) is 2. The first-order valence-electron chi connectivity index (χ1n) is 7.75. The molecule has 0 fully saturated rings. The highest BCUT2D eigenvalue weighted by Crippen LogP contribution is 2.15.